The number of carbonyl (C=O) groups excluding carboxylic acids is 1. The Bertz CT molecular complexity index is 395. The van der Waals surface area contributed by atoms with Gasteiger partial charge >= 0.3 is 5.97 Å². The van der Waals surface area contributed by atoms with E-state index in [1.807, 2.05) is 6.92 Å². The van der Waals surface area contributed by atoms with Crippen LogP contribution in [0.2, 0.25) is 0 Å². The molecule has 0 bridgehead atoms. The van der Waals surface area contributed by atoms with Gasteiger partial charge in [-0.3, -0.25) is 9.69 Å². The smallest absolute Gasteiger partial charge is 0.323 e. The Morgan fingerprint density at radius 2 is 2.53 bits per heavy atom. The number of nitrogen functional groups attached to an aromatic ring is 1. The summed E-state index contributed by atoms with van der Waals surface area (Å²) in [6.45, 7) is 3.69. The third-order valence-electron chi connectivity index (χ3n) is 2.86. The summed E-state index contributed by atoms with van der Waals surface area (Å²) in [6, 6.07) is -0.156. The Hall–Kier alpha value is -1.21. The standard InChI is InChI=1S/C10H16N4O2S/c1-2-16-10(15)8-4-3-5-14(8)6-7-9(11)17-13-12-7/h8H,2-6,11H2,1H3. The van der Waals surface area contributed by atoms with Gasteiger partial charge in [-0.05, 0) is 26.3 Å². The minimum absolute atomic E-state index is 0.147. The van der Waals surface area contributed by atoms with E-state index in [-0.39, 0.29) is 12.0 Å². The molecule has 0 aromatic carbocycles. The normalized spacial score (nSPS) is 20.6. The van der Waals surface area contributed by atoms with Crippen molar-refractivity contribution >= 4 is 22.5 Å². The lowest BCUT2D eigenvalue weighted by Crippen LogP contribution is -2.37. The van der Waals surface area contributed by atoms with Gasteiger partial charge in [0.25, 0.3) is 0 Å². The van der Waals surface area contributed by atoms with Crippen LogP contribution in [0, 0.1) is 0 Å². The van der Waals surface area contributed by atoms with Gasteiger partial charge in [-0.15, -0.1) is 5.10 Å². The molecule has 1 aromatic heterocycles. The molecule has 2 rings (SSSR count). The Kier molecular flexibility index (Phi) is 3.90. The van der Waals surface area contributed by atoms with Gasteiger partial charge in [-0.1, -0.05) is 4.49 Å². The Morgan fingerprint density at radius 1 is 1.71 bits per heavy atom. The van der Waals surface area contributed by atoms with E-state index >= 15 is 0 Å². The molecule has 0 radical (unpaired) electrons. The highest BCUT2D eigenvalue weighted by Crippen LogP contribution is 2.23. The quantitative estimate of drug-likeness (QED) is 0.796. The van der Waals surface area contributed by atoms with Crippen molar-refractivity contribution in [2.45, 2.75) is 32.4 Å². The van der Waals surface area contributed by atoms with Crippen molar-refractivity contribution in [2.24, 2.45) is 0 Å². The number of esters is 1. The van der Waals surface area contributed by atoms with Crippen LogP contribution < -0.4 is 5.73 Å². The molecule has 0 spiro atoms. The Balaban J connectivity index is 2.00. The highest BCUT2D eigenvalue weighted by Gasteiger charge is 2.32. The molecule has 1 unspecified atom stereocenters. The molecule has 1 aliphatic rings. The zero-order valence-electron chi connectivity index (χ0n) is 9.76. The van der Waals surface area contributed by atoms with Crippen LogP contribution >= 0.6 is 11.5 Å². The average molecular weight is 256 g/mol. The van der Waals surface area contributed by atoms with Crippen LogP contribution in [-0.2, 0) is 16.1 Å². The van der Waals surface area contributed by atoms with Gasteiger partial charge in [-0.2, -0.15) is 0 Å². The molecule has 2 N–H and O–H groups in total. The number of carbonyl (C=O) groups is 1. The maximum Gasteiger partial charge on any atom is 0.323 e. The monoisotopic (exact) mass is 256 g/mol. The third-order valence-corrected chi connectivity index (χ3v) is 3.46. The van der Waals surface area contributed by atoms with E-state index in [0.29, 0.717) is 18.2 Å². The van der Waals surface area contributed by atoms with Crippen molar-refractivity contribution in [3.8, 4) is 0 Å². The first-order chi connectivity index (χ1) is 8.22. The lowest BCUT2D eigenvalue weighted by molar-refractivity contribution is -0.148. The van der Waals surface area contributed by atoms with Gasteiger partial charge in [0.05, 0.1) is 6.61 Å². The van der Waals surface area contributed by atoms with E-state index in [2.05, 4.69) is 14.5 Å². The first kappa shape index (κ1) is 12.3. The molecule has 2 heterocycles. The largest absolute Gasteiger partial charge is 0.465 e. The lowest BCUT2D eigenvalue weighted by Gasteiger charge is -2.21. The fourth-order valence-electron chi connectivity index (χ4n) is 2.04. The first-order valence-electron chi connectivity index (χ1n) is 5.69. The van der Waals surface area contributed by atoms with Crippen molar-refractivity contribution in [3.05, 3.63) is 5.69 Å². The van der Waals surface area contributed by atoms with Gasteiger partial charge < -0.3 is 10.5 Å². The van der Waals surface area contributed by atoms with Crippen LogP contribution in [-0.4, -0.2) is 39.6 Å². The van der Waals surface area contributed by atoms with Crippen LogP contribution in [0.15, 0.2) is 0 Å². The maximum absolute atomic E-state index is 11.7. The molecule has 94 valence electrons. The van der Waals surface area contributed by atoms with Gasteiger partial charge in [0.15, 0.2) is 0 Å². The summed E-state index contributed by atoms with van der Waals surface area (Å²) >= 11 is 1.18. The molecule has 17 heavy (non-hydrogen) atoms. The van der Waals surface area contributed by atoms with Crippen molar-refractivity contribution in [1.82, 2.24) is 14.5 Å². The van der Waals surface area contributed by atoms with E-state index < -0.39 is 0 Å². The third kappa shape index (κ3) is 2.73. The van der Waals surface area contributed by atoms with Crippen molar-refractivity contribution in [1.29, 1.82) is 0 Å². The Labute approximate surface area is 104 Å². The van der Waals surface area contributed by atoms with Crippen LogP contribution in [0.4, 0.5) is 5.00 Å². The zero-order valence-corrected chi connectivity index (χ0v) is 10.6. The topological polar surface area (TPSA) is 81.3 Å². The van der Waals surface area contributed by atoms with Crippen LogP contribution in [0.3, 0.4) is 0 Å². The van der Waals surface area contributed by atoms with Crippen molar-refractivity contribution in [2.75, 3.05) is 18.9 Å². The molecule has 1 fully saturated rings. The molecule has 0 aliphatic carbocycles. The van der Waals surface area contributed by atoms with E-state index in [4.69, 9.17) is 10.5 Å². The Morgan fingerprint density at radius 3 is 3.18 bits per heavy atom. The number of nitrogens with two attached hydrogens (primary N) is 1. The number of likely N-dealkylation sites (tertiary alicyclic amines) is 1. The molecule has 1 saturated heterocycles. The fourth-order valence-corrected chi connectivity index (χ4v) is 2.48. The van der Waals surface area contributed by atoms with E-state index in [1.165, 1.54) is 11.5 Å². The second-order valence-electron chi connectivity index (χ2n) is 3.96. The second kappa shape index (κ2) is 5.42. The predicted molar refractivity (Wildman–Crippen MR) is 64.4 cm³/mol. The highest BCUT2D eigenvalue weighted by atomic mass is 32.1. The van der Waals surface area contributed by atoms with Crippen molar-refractivity contribution in [3.63, 3.8) is 0 Å². The van der Waals surface area contributed by atoms with E-state index in [9.17, 15) is 4.79 Å². The number of aromatic nitrogens is 2. The number of hydrogen-bond acceptors (Lipinski definition) is 7. The summed E-state index contributed by atoms with van der Waals surface area (Å²) in [7, 11) is 0. The predicted octanol–water partition coefficient (Wildman–Crippen LogP) is 0.648. The molecule has 6 nitrogen and oxygen atoms in total. The second-order valence-corrected chi connectivity index (χ2v) is 4.75. The lowest BCUT2D eigenvalue weighted by atomic mass is 10.2. The number of hydrogen-bond donors (Lipinski definition) is 1. The van der Waals surface area contributed by atoms with Gasteiger partial charge in [0.2, 0.25) is 0 Å². The molecule has 1 aliphatic heterocycles. The molecule has 1 atom stereocenters. The van der Waals surface area contributed by atoms with Crippen LogP contribution in [0.25, 0.3) is 0 Å². The van der Waals surface area contributed by atoms with Gasteiger partial charge in [0, 0.05) is 18.1 Å². The summed E-state index contributed by atoms with van der Waals surface area (Å²) in [4.78, 5) is 13.8. The molecule has 7 heteroatoms. The summed E-state index contributed by atoms with van der Waals surface area (Å²) < 4.78 is 8.85. The van der Waals surface area contributed by atoms with Gasteiger partial charge in [0.1, 0.15) is 16.7 Å². The fraction of sp³-hybridized carbons (Fsp3) is 0.700. The molecule has 0 saturated carbocycles. The summed E-state index contributed by atoms with van der Waals surface area (Å²) in [5.41, 5.74) is 6.51. The molecular weight excluding hydrogens is 240 g/mol. The number of rotatable bonds is 4. The molecule has 0 amide bonds. The van der Waals surface area contributed by atoms with E-state index in [0.717, 1.165) is 25.1 Å². The van der Waals surface area contributed by atoms with Crippen molar-refractivity contribution < 1.29 is 9.53 Å². The number of anilines is 1. The van der Waals surface area contributed by atoms with Gasteiger partial charge in [-0.25, -0.2) is 0 Å². The summed E-state index contributed by atoms with van der Waals surface area (Å²) in [6.07, 6.45) is 1.84. The molecule has 1 aromatic rings. The first-order valence-corrected chi connectivity index (χ1v) is 6.47. The molecular formula is C10H16N4O2S. The van der Waals surface area contributed by atoms with Crippen LogP contribution in [0.1, 0.15) is 25.5 Å². The summed E-state index contributed by atoms with van der Waals surface area (Å²) in [5.74, 6) is -0.147. The van der Waals surface area contributed by atoms with E-state index in [1.54, 1.807) is 0 Å². The average Bonchev–Trinajstić information content (AvgIpc) is 2.90. The minimum Gasteiger partial charge on any atom is -0.465 e. The number of nitrogens with zero attached hydrogens (tertiary/aromatic N) is 3. The zero-order chi connectivity index (χ0) is 12.3. The number of ether oxygens (including phenoxy) is 1. The summed E-state index contributed by atoms with van der Waals surface area (Å²) in [5, 5.41) is 4.59. The SMILES string of the molecule is CCOC(=O)C1CCCN1Cc1nnsc1N. The highest BCUT2D eigenvalue weighted by molar-refractivity contribution is 7.09. The maximum atomic E-state index is 11.7. The minimum atomic E-state index is -0.156. The van der Waals surface area contributed by atoms with Crippen LogP contribution in [0.5, 0.6) is 0 Å².